The lowest BCUT2D eigenvalue weighted by Gasteiger charge is -2.23. The zero-order valence-electron chi connectivity index (χ0n) is 16.1. The van der Waals surface area contributed by atoms with Crippen molar-refractivity contribution in [1.29, 1.82) is 0 Å². The number of hydrogen-bond donors (Lipinski definition) is 1. The number of amides is 1. The Kier molecular flexibility index (Phi) is 7.32. The zero-order valence-corrected chi connectivity index (χ0v) is 18.5. The van der Waals surface area contributed by atoms with E-state index < -0.39 is 0 Å². The van der Waals surface area contributed by atoms with Crippen LogP contribution in [0.2, 0.25) is 0 Å². The second kappa shape index (κ2) is 9.06. The monoisotopic (exact) mass is 470 g/mol. The lowest BCUT2D eigenvalue weighted by atomic mass is 9.93. The Morgan fingerprint density at radius 3 is 2.50 bits per heavy atom. The van der Waals surface area contributed by atoms with E-state index in [9.17, 15) is 4.79 Å². The number of carbonyl (C=O) groups is 1. The number of halogens is 1. The van der Waals surface area contributed by atoms with Crippen LogP contribution in [0.15, 0.2) is 29.3 Å². The van der Waals surface area contributed by atoms with Crippen LogP contribution in [0.4, 0.5) is 5.69 Å². The van der Waals surface area contributed by atoms with Gasteiger partial charge in [-0.05, 0) is 42.9 Å². The predicted molar refractivity (Wildman–Crippen MR) is 118 cm³/mol. The van der Waals surface area contributed by atoms with Gasteiger partial charge in [-0.1, -0.05) is 26.0 Å². The van der Waals surface area contributed by atoms with Gasteiger partial charge in [-0.25, -0.2) is 4.99 Å². The molecule has 2 heterocycles. The van der Waals surface area contributed by atoms with Gasteiger partial charge < -0.3 is 15.1 Å². The fourth-order valence-corrected chi connectivity index (χ4v) is 3.59. The SMILES string of the molecule is CCNC(=NCc1ccc(N2CCCC2=O)cc1)N1CCC(C)(C)C1.I. The molecular formula is C20H31IN4O. The number of nitrogens with zero attached hydrogens (tertiary/aromatic N) is 3. The summed E-state index contributed by atoms with van der Waals surface area (Å²) in [5.74, 6) is 1.24. The molecule has 5 nitrogen and oxygen atoms in total. The Bertz CT molecular complexity index is 642. The molecular weight excluding hydrogens is 439 g/mol. The van der Waals surface area contributed by atoms with Gasteiger partial charge in [0.1, 0.15) is 0 Å². The maximum Gasteiger partial charge on any atom is 0.227 e. The van der Waals surface area contributed by atoms with Crippen molar-refractivity contribution in [2.24, 2.45) is 10.4 Å². The standard InChI is InChI=1S/C20H30N4O.HI/c1-4-21-19(23-13-11-20(2,3)15-23)22-14-16-7-9-17(10-8-16)24-12-5-6-18(24)25;/h7-10H,4-6,11-15H2,1-3H3,(H,21,22);1H. The average Bonchev–Trinajstić information content (AvgIpc) is 3.17. The molecule has 2 saturated heterocycles. The fraction of sp³-hybridized carbons (Fsp3) is 0.600. The smallest absolute Gasteiger partial charge is 0.227 e. The van der Waals surface area contributed by atoms with Gasteiger partial charge in [-0.15, -0.1) is 24.0 Å². The maximum atomic E-state index is 11.8. The van der Waals surface area contributed by atoms with Gasteiger partial charge in [0, 0.05) is 38.3 Å². The van der Waals surface area contributed by atoms with E-state index in [1.807, 2.05) is 17.0 Å². The number of hydrogen-bond acceptors (Lipinski definition) is 2. The molecule has 0 atom stereocenters. The van der Waals surface area contributed by atoms with Crippen LogP contribution in [0.25, 0.3) is 0 Å². The molecule has 0 saturated carbocycles. The van der Waals surface area contributed by atoms with Gasteiger partial charge in [-0.2, -0.15) is 0 Å². The summed E-state index contributed by atoms with van der Waals surface area (Å²) in [4.78, 5) is 20.9. The third kappa shape index (κ3) is 5.11. The summed E-state index contributed by atoms with van der Waals surface area (Å²) in [5, 5.41) is 3.42. The molecule has 0 bridgehead atoms. The van der Waals surface area contributed by atoms with E-state index in [-0.39, 0.29) is 29.9 Å². The van der Waals surface area contributed by atoms with Crippen LogP contribution in [0.5, 0.6) is 0 Å². The largest absolute Gasteiger partial charge is 0.357 e. The Morgan fingerprint density at radius 2 is 1.96 bits per heavy atom. The minimum Gasteiger partial charge on any atom is -0.357 e. The lowest BCUT2D eigenvalue weighted by Crippen LogP contribution is -2.40. The third-order valence-corrected chi connectivity index (χ3v) is 5.04. The molecule has 2 aliphatic heterocycles. The van der Waals surface area contributed by atoms with Crippen molar-refractivity contribution in [2.45, 2.75) is 46.6 Å². The molecule has 2 fully saturated rings. The van der Waals surface area contributed by atoms with E-state index >= 15 is 0 Å². The molecule has 2 aliphatic rings. The molecule has 0 aromatic heterocycles. The van der Waals surface area contributed by atoms with Crippen molar-refractivity contribution in [1.82, 2.24) is 10.2 Å². The van der Waals surface area contributed by atoms with Crippen LogP contribution in [-0.4, -0.2) is 42.9 Å². The second-order valence-electron chi connectivity index (χ2n) is 7.82. The van der Waals surface area contributed by atoms with Crippen molar-refractivity contribution in [3.8, 4) is 0 Å². The Balaban J connectivity index is 0.00000243. The highest BCUT2D eigenvalue weighted by atomic mass is 127. The molecule has 1 aromatic carbocycles. The van der Waals surface area contributed by atoms with Crippen molar-refractivity contribution in [2.75, 3.05) is 31.1 Å². The first kappa shape index (κ1) is 21.0. The third-order valence-electron chi connectivity index (χ3n) is 5.04. The fourth-order valence-electron chi connectivity index (χ4n) is 3.59. The molecule has 26 heavy (non-hydrogen) atoms. The number of guanidine groups is 1. The summed E-state index contributed by atoms with van der Waals surface area (Å²) in [6, 6.07) is 8.25. The average molecular weight is 470 g/mol. The number of rotatable bonds is 4. The van der Waals surface area contributed by atoms with Gasteiger partial charge in [0.2, 0.25) is 5.91 Å². The number of likely N-dealkylation sites (tertiary alicyclic amines) is 1. The summed E-state index contributed by atoms with van der Waals surface area (Å²) >= 11 is 0. The van der Waals surface area contributed by atoms with Crippen LogP contribution in [-0.2, 0) is 11.3 Å². The quantitative estimate of drug-likeness (QED) is 0.416. The summed E-state index contributed by atoms with van der Waals surface area (Å²) in [7, 11) is 0. The maximum absolute atomic E-state index is 11.8. The van der Waals surface area contributed by atoms with Crippen molar-refractivity contribution >= 4 is 41.5 Å². The topological polar surface area (TPSA) is 47.9 Å². The second-order valence-corrected chi connectivity index (χ2v) is 7.82. The van der Waals surface area contributed by atoms with Gasteiger partial charge in [0.15, 0.2) is 5.96 Å². The van der Waals surface area contributed by atoms with Crippen LogP contribution in [0.1, 0.15) is 45.6 Å². The summed E-state index contributed by atoms with van der Waals surface area (Å²) in [6.45, 7) is 11.2. The molecule has 0 radical (unpaired) electrons. The summed E-state index contributed by atoms with van der Waals surface area (Å²) in [6.07, 6.45) is 2.84. The Labute approximate surface area is 174 Å². The normalized spacial score (nSPS) is 19.7. The van der Waals surface area contributed by atoms with Gasteiger partial charge >= 0.3 is 0 Å². The van der Waals surface area contributed by atoms with E-state index in [1.165, 1.54) is 12.0 Å². The first-order valence-electron chi connectivity index (χ1n) is 9.41. The summed E-state index contributed by atoms with van der Waals surface area (Å²) in [5.41, 5.74) is 2.53. The number of nitrogens with one attached hydrogen (secondary N) is 1. The molecule has 1 aromatic rings. The molecule has 0 unspecified atom stereocenters. The number of benzene rings is 1. The molecule has 1 amide bonds. The van der Waals surface area contributed by atoms with E-state index in [0.717, 1.165) is 44.2 Å². The predicted octanol–water partition coefficient (Wildman–Crippen LogP) is 3.63. The Morgan fingerprint density at radius 1 is 1.23 bits per heavy atom. The highest BCUT2D eigenvalue weighted by Crippen LogP contribution is 2.28. The van der Waals surface area contributed by atoms with Gasteiger partial charge in [0.05, 0.1) is 6.54 Å². The highest BCUT2D eigenvalue weighted by molar-refractivity contribution is 14.0. The summed E-state index contributed by atoms with van der Waals surface area (Å²) < 4.78 is 0. The van der Waals surface area contributed by atoms with Crippen molar-refractivity contribution in [3.05, 3.63) is 29.8 Å². The van der Waals surface area contributed by atoms with Crippen LogP contribution in [0.3, 0.4) is 0 Å². The molecule has 6 heteroatoms. The van der Waals surface area contributed by atoms with Crippen molar-refractivity contribution in [3.63, 3.8) is 0 Å². The minimum absolute atomic E-state index is 0. The minimum atomic E-state index is 0. The van der Waals surface area contributed by atoms with Crippen molar-refractivity contribution < 1.29 is 4.79 Å². The molecule has 1 N–H and O–H groups in total. The molecule has 144 valence electrons. The lowest BCUT2D eigenvalue weighted by molar-refractivity contribution is -0.117. The van der Waals surface area contributed by atoms with Crippen LogP contribution >= 0.6 is 24.0 Å². The number of carbonyl (C=O) groups excluding carboxylic acids is 1. The van der Waals surface area contributed by atoms with E-state index in [4.69, 9.17) is 4.99 Å². The van der Waals surface area contributed by atoms with Crippen LogP contribution < -0.4 is 10.2 Å². The first-order valence-corrected chi connectivity index (χ1v) is 9.41. The molecule has 0 spiro atoms. The Hall–Kier alpha value is -1.31. The molecule has 0 aliphatic carbocycles. The molecule has 3 rings (SSSR count). The zero-order chi connectivity index (χ0) is 17.9. The highest BCUT2D eigenvalue weighted by Gasteiger charge is 2.30. The number of aliphatic imine (C=N–C) groups is 1. The first-order chi connectivity index (χ1) is 12.0. The van der Waals surface area contributed by atoms with E-state index in [2.05, 4.69) is 43.1 Å². The van der Waals surface area contributed by atoms with E-state index in [0.29, 0.717) is 18.4 Å². The van der Waals surface area contributed by atoms with E-state index in [1.54, 1.807) is 0 Å². The number of anilines is 1. The van der Waals surface area contributed by atoms with Gasteiger partial charge in [-0.3, -0.25) is 4.79 Å². The van der Waals surface area contributed by atoms with Crippen LogP contribution in [0, 0.1) is 5.41 Å². The van der Waals surface area contributed by atoms with Gasteiger partial charge in [0.25, 0.3) is 0 Å².